The van der Waals surface area contributed by atoms with Gasteiger partial charge in [0.15, 0.2) is 41.3 Å². The Morgan fingerprint density at radius 1 is 1.16 bits per heavy atom. The van der Waals surface area contributed by atoms with Gasteiger partial charge in [-0.2, -0.15) is 4.98 Å². The van der Waals surface area contributed by atoms with Crippen LogP contribution in [0.25, 0.3) is 22.3 Å². The third-order valence-electron chi connectivity index (χ3n) is 7.56. The van der Waals surface area contributed by atoms with Crippen LogP contribution >= 0.6 is 7.82 Å². The molecule has 0 saturated carbocycles. The molecule has 43 heavy (non-hydrogen) atoms. The van der Waals surface area contributed by atoms with Crippen molar-refractivity contribution in [2.24, 2.45) is 0 Å². The van der Waals surface area contributed by atoms with E-state index in [0.29, 0.717) is 11.2 Å². The first-order valence-electron chi connectivity index (χ1n) is 12.7. The summed E-state index contributed by atoms with van der Waals surface area (Å²) in [6, 6.07) is 0. The predicted octanol–water partition coefficient (Wildman–Crippen LogP) is -2.12. The fourth-order valence-corrected chi connectivity index (χ4v) is 6.45. The lowest BCUT2D eigenvalue weighted by atomic mass is 10.0. The first kappa shape index (κ1) is 28.1. The van der Waals surface area contributed by atoms with E-state index in [0.717, 1.165) is 10.9 Å². The summed E-state index contributed by atoms with van der Waals surface area (Å²) in [5.74, 6) is -0.144. The Kier molecular flexibility index (Phi) is 6.50. The van der Waals surface area contributed by atoms with Crippen molar-refractivity contribution in [3.63, 3.8) is 0 Å². The van der Waals surface area contributed by atoms with Crippen molar-refractivity contribution < 1.29 is 47.3 Å². The summed E-state index contributed by atoms with van der Waals surface area (Å²) in [6.07, 6.45) is -6.49. The van der Waals surface area contributed by atoms with Gasteiger partial charge in [-0.1, -0.05) is 0 Å². The molecule has 3 aliphatic heterocycles. The van der Waals surface area contributed by atoms with Crippen LogP contribution in [0.15, 0.2) is 23.8 Å². The molecule has 3 saturated heterocycles. The summed E-state index contributed by atoms with van der Waals surface area (Å²) in [6.45, 7) is -1.73. The van der Waals surface area contributed by atoms with Crippen LogP contribution in [0.1, 0.15) is 12.5 Å². The minimum Gasteiger partial charge on any atom is -0.394 e. The van der Waals surface area contributed by atoms with E-state index in [1.54, 1.807) is 0 Å². The molecule has 4 aromatic heterocycles. The van der Waals surface area contributed by atoms with Crippen molar-refractivity contribution in [3.8, 4) is 0 Å². The maximum atomic E-state index is 15.3. The summed E-state index contributed by atoms with van der Waals surface area (Å²) in [5.41, 5.74) is 9.47. The number of aliphatic hydroxyl groups is 2. The van der Waals surface area contributed by atoms with Crippen LogP contribution < -0.4 is 17.0 Å². The molecule has 7 heterocycles. The van der Waals surface area contributed by atoms with Crippen molar-refractivity contribution in [1.29, 1.82) is 0 Å². The van der Waals surface area contributed by atoms with Gasteiger partial charge in [0, 0.05) is 0 Å². The minimum atomic E-state index is -5.13. The average Bonchev–Trinajstić information content (AvgIpc) is 3.77. The number of H-pyrrole nitrogens is 1. The van der Waals surface area contributed by atoms with Crippen molar-refractivity contribution >= 4 is 41.9 Å². The Bertz CT molecular complexity index is 1820. The molecule has 3 aliphatic rings. The number of imidazole rings is 2. The number of nitrogens with one attached hydrogen (secondary N) is 1. The number of halogens is 1. The van der Waals surface area contributed by atoms with Gasteiger partial charge in [-0.15, -0.1) is 0 Å². The van der Waals surface area contributed by atoms with Crippen LogP contribution in [0.2, 0.25) is 0 Å². The highest BCUT2D eigenvalue weighted by Crippen LogP contribution is 2.53. The lowest BCUT2D eigenvalue weighted by Crippen LogP contribution is -2.45. The van der Waals surface area contributed by atoms with Gasteiger partial charge in [0.05, 0.1) is 32.5 Å². The molecular formula is C21H24FN10O10P. The zero-order valence-electron chi connectivity index (χ0n) is 21.7. The zero-order chi connectivity index (χ0) is 30.3. The van der Waals surface area contributed by atoms with Crippen LogP contribution in [-0.2, 0) is 27.8 Å². The maximum Gasteiger partial charge on any atom is 0.472 e. The molecule has 7 rings (SSSR count). The number of nitrogens with zero attached hydrogens (tertiary/aromatic N) is 7. The topological polar surface area (TPSA) is 283 Å². The quantitative estimate of drug-likeness (QED) is 0.114. The number of fused-ring (bicyclic) bond motifs is 4. The fourth-order valence-electron chi connectivity index (χ4n) is 5.48. The van der Waals surface area contributed by atoms with Crippen molar-refractivity contribution in [2.75, 3.05) is 31.3 Å². The molecule has 0 radical (unpaired) electrons. The Labute approximate surface area is 238 Å². The number of ether oxygens (including phenoxy) is 3. The predicted molar refractivity (Wildman–Crippen MR) is 137 cm³/mol. The standard InChI is InChI=1S/C21H24FN10O10P/c22-8-7(1-33)40-18(32-6-28-10-16(32)29-20(24)30-17(10)35)11(8)42-43(36,37)39-3-21-2-38-12(13(21)34)19(41-21)31-5-27-9-14(23)25-4-26-15(9)31/h4-8,11-13,18-19,33-34H,1-3H2,(H,36,37)(H2,23,25,26)(H3,24,29,30,35)/t7-,8-,11-,12-,13+,18-,19-,21?/m1/s1. The number of aromatic nitrogens is 8. The summed E-state index contributed by atoms with van der Waals surface area (Å²) in [7, 11) is -5.13. The van der Waals surface area contributed by atoms with Crippen LogP contribution in [0.4, 0.5) is 16.2 Å². The number of anilines is 2. The average molecular weight is 626 g/mol. The molecule has 2 unspecified atom stereocenters. The molecule has 4 aromatic rings. The van der Waals surface area contributed by atoms with Gasteiger partial charge in [-0.3, -0.25) is 28.0 Å². The number of aliphatic hydroxyl groups excluding tert-OH is 2. The fraction of sp³-hybridized carbons (Fsp3) is 0.524. The van der Waals surface area contributed by atoms with Gasteiger partial charge in [0.2, 0.25) is 5.95 Å². The van der Waals surface area contributed by atoms with Gasteiger partial charge >= 0.3 is 7.82 Å². The second kappa shape index (κ2) is 9.94. The summed E-state index contributed by atoms with van der Waals surface area (Å²) in [4.78, 5) is 45.2. The highest BCUT2D eigenvalue weighted by atomic mass is 31.2. The number of nitrogens with two attached hydrogens (primary N) is 2. The molecular weight excluding hydrogens is 602 g/mol. The van der Waals surface area contributed by atoms with Crippen molar-refractivity contribution in [2.45, 2.75) is 48.6 Å². The molecule has 230 valence electrons. The lowest BCUT2D eigenvalue weighted by molar-refractivity contribution is -0.184. The number of phosphoric ester groups is 1. The molecule has 2 bridgehead atoms. The highest BCUT2D eigenvalue weighted by Gasteiger charge is 2.63. The van der Waals surface area contributed by atoms with E-state index in [-0.39, 0.29) is 29.5 Å². The molecule has 3 fully saturated rings. The molecule has 20 nitrogen and oxygen atoms in total. The van der Waals surface area contributed by atoms with E-state index in [9.17, 15) is 24.5 Å². The second-order valence-electron chi connectivity index (χ2n) is 10.2. The van der Waals surface area contributed by atoms with Gasteiger partial charge < -0.3 is 40.8 Å². The number of rotatable bonds is 8. The summed E-state index contributed by atoms with van der Waals surface area (Å²) >= 11 is 0. The van der Waals surface area contributed by atoms with E-state index >= 15 is 4.39 Å². The number of hydrogen-bond acceptors (Lipinski definition) is 16. The molecule has 0 amide bonds. The Morgan fingerprint density at radius 3 is 2.67 bits per heavy atom. The summed E-state index contributed by atoms with van der Waals surface area (Å²) in [5, 5.41) is 20.6. The zero-order valence-corrected chi connectivity index (χ0v) is 22.6. The molecule has 22 heteroatoms. The number of aromatic amines is 1. The smallest absolute Gasteiger partial charge is 0.394 e. The Morgan fingerprint density at radius 2 is 1.91 bits per heavy atom. The van der Waals surface area contributed by atoms with Gasteiger partial charge in [0.25, 0.3) is 5.56 Å². The van der Waals surface area contributed by atoms with Crippen molar-refractivity contribution in [1.82, 2.24) is 39.0 Å². The van der Waals surface area contributed by atoms with E-state index in [4.69, 9.17) is 34.7 Å². The number of phosphoric acid groups is 1. The van der Waals surface area contributed by atoms with Crippen LogP contribution in [0, 0.1) is 0 Å². The van der Waals surface area contributed by atoms with E-state index in [2.05, 4.69) is 29.9 Å². The Balaban J connectivity index is 1.11. The van der Waals surface area contributed by atoms with E-state index in [1.807, 2.05) is 0 Å². The van der Waals surface area contributed by atoms with Gasteiger partial charge in [-0.25, -0.2) is 28.9 Å². The SMILES string of the molecule is Nc1nc2c(ncn2[C@@H]2O[C@H](CO)[C@@H](F)[C@H]2OP(=O)(O)OCC23CO[C@@H]([C@H](n4cnc5c(N)ncnc54)O2)[C@@H]3O)c(=O)[nH]1. The molecule has 8 N–H and O–H groups in total. The number of hydrogen-bond donors (Lipinski definition) is 6. The molecule has 0 spiro atoms. The first-order valence-corrected chi connectivity index (χ1v) is 14.2. The van der Waals surface area contributed by atoms with Gasteiger partial charge in [-0.05, 0) is 0 Å². The summed E-state index contributed by atoms with van der Waals surface area (Å²) < 4.78 is 58.8. The third kappa shape index (κ3) is 4.39. The van der Waals surface area contributed by atoms with Crippen molar-refractivity contribution in [3.05, 3.63) is 29.3 Å². The van der Waals surface area contributed by atoms with Crippen LogP contribution in [0.3, 0.4) is 0 Å². The Hall–Kier alpha value is -3.66. The van der Waals surface area contributed by atoms with Crippen LogP contribution in [-0.4, -0.2) is 110 Å². The molecule has 0 aliphatic carbocycles. The molecule has 9 atom stereocenters. The normalized spacial score (nSPS) is 33.5. The lowest BCUT2D eigenvalue weighted by Gasteiger charge is -2.31. The monoisotopic (exact) mass is 626 g/mol. The van der Waals surface area contributed by atoms with E-state index < -0.39 is 75.2 Å². The third-order valence-corrected chi connectivity index (χ3v) is 8.53. The van der Waals surface area contributed by atoms with Gasteiger partial charge in [0.1, 0.15) is 41.9 Å². The first-order chi connectivity index (χ1) is 20.5. The highest BCUT2D eigenvalue weighted by molar-refractivity contribution is 7.47. The number of alkyl halides is 1. The van der Waals surface area contributed by atoms with E-state index in [1.165, 1.54) is 17.2 Å². The molecule has 0 aromatic carbocycles. The van der Waals surface area contributed by atoms with Crippen LogP contribution in [0.5, 0.6) is 0 Å². The number of nitrogen functional groups attached to an aromatic ring is 2. The second-order valence-corrected chi connectivity index (χ2v) is 11.6. The largest absolute Gasteiger partial charge is 0.472 e. The minimum absolute atomic E-state index is 0.125. The maximum absolute atomic E-state index is 15.3.